The second-order valence-corrected chi connectivity index (χ2v) is 6.42. The van der Waals surface area contributed by atoms with Gasteiger partial charge in [-0.15, -0.1) is 11.3 Å². The van der Waals surface area contributed by atoms with E-state index < -0.39 is 5.82 Å². The average Bonchev–Trinajstić information content (AvgIpc) is 3.13. The molecule has 3 aromatic heterocycles. The predicted molar refractivity (Wildman–Crippen MR) is 86.7 cm³/mol. The average molecular weight is 331 g/mol. The van der Waals surface area contributed by atoms with Crippen LogP contribution in [-0.4, -0.2) is 38.7 Å². The van der Waals surface area contributed by atoms with E-state index in [2.05, 4.69) is 35.4 Å². The van der Waals surface area contributed by atoms with Crippen molar-refractivity contribution in [1.29, 1.82) is 0 Å². The van der Waals surface area contributed by atoms with Gasteiger partial charge < -0.3 is 10.2 Å². The number of likely N-dealkylation sites (N-methyl/N-ethyl adjacent to an activating group) is 1. The van der Waals surface area contributed by atoms with Gasteiger partial charge in [-0.25, -0.2) is 19.3 Å². The minimum absolute atomic E-state index is 0.305. The van der Waals surface area contributed by atoms with E-state index in [1.165, 1.54) is 4.88 Å². The Labute approximate surface area is 135 Å². The van der Waals surface area contributed by atoms with E-state index in [4.69, 9.17) is 0 Å². The zero-order valence-electron chi connectivity index (χ0n) is 12.6. The van der Waals surface area contributed by atoms with Gasteiger partial charge in [0.1, 0.15) is 0 Å². The van der Waals surface area contributed by atoms with Crippen LogP contribution in [0.1, 0.15) is 10.6 Å². The first kappa shape index (κ1) is 14.1. The predicted octanol–water partition coefficient (Wildman–Crippen LogP) is 2.51. The quantitative estimate of drug-likeness (QED) is 0.751. The largest absolute Gasteiger partial charge is 0.357 e. The van der Waals surface area contributed by atoms with Crippen LogP contribution >= 0.6 is 11.3 Å². The van der Waals surface area contributed by atoms with Gasteiger partial charge in [0.25, 0.3) is 0 Å². The number of nitrogens with zero attached hydrogens (tertiary/aromatic N) is 5. The van der Waals surface area contributed by atoms with E-state index in [9.17, 15) is 4.39 Å². The Kier molecular flexibility index (Phi) is 3.22. The fourth-order valence-electron chi connectivity index (χ4n) is 2.52. The second-order valence-electron chi connectivity index (χ2n) is 5.34. The molecule has 118 valence electrons. The molecule has 4 heterocycles. The third kappa shape index (κ3) is 2.42. The SMILES string of the molecule is Cc1nc(Nc2nc3c(s2)CCN(C)c2n[nH]cc2-3)ncc1F. The molecular formula is C14H14FN7S. The zero-order chi connectivity index (χ0) is 16.0. The molecule has 0 aliphatic carbocycles. The Morgan fingerprint density at radius 1 is 1.39 bits per heavy atom. The van der Waals surface area contributed by atoms with Crippen LogP contribution in [0, 0.1) is 12.7 Å². The van der Waals surface area contributed by atoms with Gasteiger partial charge in [0, 0.05) is 31.1 Å². The molecule has 1 aliphatic heterocycles. The lowest BCUT2D eigenvalue weighted by molar-refractivity contribution is 0.602. The highest BCUT2D eigenvalue weighted by Gasteiger charge is 2.24. The van der Waals surface area contributed by atoms with E-state index in [1.54, 1.807) is 18.3 Å². The fourth-order valence-corrected chi connectivity index (χ4v) is 3.47. The molecule has 0 radical (unpaired) electrons. The summed E-state index contributed by atoms with van der Waals surface area (Å²) in [7, 11) is 2.02. The van der Waals surface area contributed by atoms with Gasteiger partial charge in [0.05, 0.1) is 23.1 Å². The zero-order valence-corrected chi connectivity index (χ0v) is 13.4. The summed E-state index contributed by atoms with van der Waals surface area (Å²) in [6.45, 7) is 2.48. The molecule has 0 amide bonds. The third-order valence-corrected chi connectivity index (χ3v) is 4.78. The number of rotatable bonds is 2. The summed E-state index contributed by atoms with van der Waals surface area (Å²) in [6.07, 6.45) is 3.91. The standard InChI is InChI=1S/C14H14FN7S/c1-7-9(15)6-16-13(18-7)20-14-19-11-8-5-17-21-12(8)22(2)4-3-10(11)23-14/h5-6H,3-4H2,1-2H3,(H,17,21)(H,16,18,19,20). The summed E-state index contributed by atoms with van der Waals surface area (Å²) in [6, 6.07) is 0. The molecule has 9 heteroatoms. The molecule has 0 saturated carbocycles. The molecule has 0 unspecified atom stereocenters. The van der Waals surface area contributed by atoms with Gasteiger partial charge in [0.15, 0.2) is 16.8 Å². The van der Waals surface area contributed by atoms with Crippen molar-refractivity contribution in [2.75, 3.05) is 23.8 Å². The number of halogens is 1. The Morgan fingerprint density at radius 3 is 3.09 bits per heavy atom. The number of hydrogen-bond acceptors (Lipinski definition) is 7. The highest BCUT2D eigenvalue weighted by atomic mass is 32.1. The molecule has 3 aromatic rings. The molecule has 1 aliphatic rings. The van der Waals surface area contributed by atoms with E-state index in [1.807, 2.05) is 13.2 Å². The van der Waals surface area contributed by atoms with Crippen molar-refractivity contribution >= 4 is 28.2 Å². The summed E-state index contributed by atoms with van der Waals surface area (Å²) >= 11 is 1.56. The molecule has 0 spiro atoms. The smallest absolute Gasteiger partial charge is 0.229 e. The number of anilines is 3. The number of hydrogen-bond donors (Lipinski definition) is 2. The second kappa shape index (κ2) is 5.27. The lowest BCUT2D eigenvalue weighted by Gasteiger charge is -2.13. The lowest BCUT2D eigenvalue weighted by atomic mass is 10.2. The van der Waals surface area contributed by atoms with Gasteiger partial charge in [-0.05, 0) is 6.92 Å². The maximum atomic E-state index is 13.3. The number of aromatic amines is 1. The Hall–Kier alpha value is -2.55. The van der Waals surface area contributed by atoms with Gasteiger partial charge in [-0.3, -0.25) is 5.10 Å². The monoisotopic (exact) mass is 331 g/mol. The number of thiazole rings is 1. The van der Waals surface area contributed by atoms with Crippen LogP contribution in [0.15, 0.2) is 12.4 Å². The van der Waals surface area contributed by atoms with Crippen LogP contribution in [0.2, 0.25) is 0 Å². The normalized spacial score (nSPS) is 13.4. The Balaban J connectivity index is 1.69. The Bertz CT molecular complexity index is 872. The molecule has 0 saturated heterocycles. The number of aryl methyl sites for hydroxylation is 1. The fraction of sp³-hybridized carbons (Fsp3) is 0.286. The molecular weight excluding hydrogens is 317 g/mol. The molecule has 7 nitrogen and oxygen atoms in total. The number of fused-ring (bicyclic) bond motifs is 3. The highest BCUT2D eigenvalue weighted by molar-refractivity contribution is 7.16. The minimum atomic E-state index is -0.420. The van der Waals surface area contributed by atoms with Crippen LogP contribution in [-0.2, 0) is 6.42 Å². The van der Waals surface area contributed by atoms with Crippen molar-refractivity contribution in [3.8, 4) is 11.3 Å². The van der Waals surface area contributed by atoms with Crippen molar-refractivity contribution in [3.05, 3.63) is 28.8 Å². The van der Waals surface area contributed by atoms with Crippen molar-refractivity contribution < 1.29 is 4.39 Å². The van der Waals surface area contributed by atoms with Gasteiger partial charge in [-0.2, -0.15) is 5.10 Å². The number of H-pyrrole nitrogens is 1. The topological polar surface area (TPSA) is 82.6 Å². The summed E-state index contributed by atoms with van der Waals surface area (Å²) < 4.78 is 13.3. The van der Waals surface area contributed by atoms with Crippen LogP contribution in [0.3, 0.4) is 0 Å². The molecule has 0 fully saturated rings. The minimum Gasteiger partial charge on any atom is -0.357 e. The van der Waals surface area contributed by atoms with Crippen LogP contribution < -0.4 is 10.2 Å². The molecule has 0 bridgehead atoms. The lowest BCUT2D eigenvalue weighted by Crippen LogP contribution is -2.19. The van der Waals surface area contributed by atoms with E-state index in [0.29, 0.717) is 16.8 Å². The summed E-state index contributed by atoms with van der Waals surface area (Å²) in [5, 5.41) is 10.9. The van der Waals surface area contributed by atoms with E-state index in [0.717, 1.165) is 36.2 Å². The first-order valence-electron chi connectivity index (χ1n) is 7.13. The highest BCUT2D eigenvalue weighted by Crippen LogP contribution is 2.38. The van der Waals surface area contributed by atoms with Crippen molar-refractivity contribution in [2.24, 2.45) is 0 Å². The molecule has 0 atom stereocenters. The summed E-state index contributed by atoms with van der Waals surface area (Å²) in [5.41, 5.74) is 2.21. The van der Waals surface area contributed by atoms with Crippen LogP contribution in [0.5, 0.6) is 0 Å². The van der Waals surface area contributed by atoms with Crippen molar-refractivity contribution in [1.82, 2.24) is 25.1 Å². The molecule has 0 aromatic carbocycles. The van der Waals surface area contributed by atoms with Gasteiger partial charge >= 0.3 is 0 Å². The van der Waals surface area contributed by atoms with Gasteiger partial charge in [0.2, 0.25) is 5.95 Å². The van der Waals surface area contributed by atoms with Crippen LogP contribution in [0.4, 0.5) is 21.3 Å². The maximum Gasteiger partial charge on any atom is 0.229 e. The number of nitrogens with one attached hydrogen (secondary N) is 2. The first-order chi connectivity index (χ1) is 11.1. The first-order valence-corrected chi connectivity index (χ1v) is 7.94. The number of aromatic nitrogens is 5. The third-order valence-electron chi connectivity index (χ3n) is 3.75. The Morgan fingerprint density at radius 2 is 2.26 bits per heavy atom. The molecule has 4 rings (SSSR count). The van der Waals surface area contributed by atoms with Crippen molar-refractivity contribution in [2.45, 2.75) is 13.3 Å². The van der Waals surface area contributed by atoms with Crippen LogP contribution in [0.25, 0.3) is 11.3 Å². The molecule has 2 N–H and O–H groups in total. The van der Waals surface area contributed by atoms with E-state index in [-0.39, 0.29) is 0 Å². The molecule has 23 heavy (non-hydrogen) atoms. The summed E-state index contributed by atoms with van der Waals surface area (Å²) in [4.78, 5) is 16.0. The van der Waals surface area contributed by atoms with Crippen molar-refractivity contribution in [3.63, 3.8) is 0 Å². The maximum absolute atomic E-state index is 13.3. The summed E-state index contributed by atoms with van der Waals surface area (Å²) in [5.74, 6) is 0.823. The van der Waals surface area contributed by atoms with Gasteiger partial charge in [-0.1, -0.05) is 0 Å². The van der Waals surface area contributed by atoms with E-state index >= 15 is 0 Å².